The molecule has 2 rings (SSSR count). The molecule has 0 aromatic carbocycles. The topological polar surface area (TPSA) is 57.4 Å². The highest BCUT2D eigenvalue weighted by molar-refractivity contribution is 5.16. The van der Waals surface area contributed by atoms with Gasteiger partial charge in [-0.05, 0) is 45.8 Å². The minimum atomic E-state index is 0.545. The van der Waals surface area contributed by atoms with Gasteiger partial charge in [-0.15, -0.1) is 5.10 Å². The van der Waals surface area contributed by atoms with Crippen LogP contribution in [0.5, 0.6) is 0 Å². The van der Waals surface area contributed by atoms with Gasteiger partial charge in [-0.2, -0.15) is 0 Å². The number of hydrogen-bond donors (Lipinski definition) is 1. The number of hydrogen-bond acceptors (Lipinski definition) is 6. The lowest BCUT2D eigenvalue weighted by atomic mass is 9.98. The third kappa shape index (κ3) is 5.57. The third-order valence-corrected chi connectivity index (χ3v) is 4.02. The molecule has 0 bridgehead atoms. The van der Waals surface area contributed by atoms with Crippen LogP contribution in [0.2, 0.25) is 0 Å². The van der Waals surface area contributed by atoms with Gasteiger partial charge in [0, 0.05) is 19.1 Å². The van der Waals surface area contributed by atoms with Crippen molar-refractivity contribution < 1.29 is 4.42 Å². The van der Waals surface area contributed by atoms with E-state index in [-0.39, 0.29) is 0 Å². The fourth-order valence-electron chi connectivity index (χ4n) is 3.10. The van der Waals surface area contributed by atoms with E-state index in [0.717, 1.165) is 18.9 Å². The van der Waals surface area contributed by atoms with Crippen molar-refractivity contribution in [3.8, 4) is 0 Å². The number of nitrogens with one attached hydrogen (secondary N) is 1. The molecular weight excluding hydrogens is 278 g/mol. The molecule has 22 heavy (non-hydrogen) atoms. The predicted octanol–water partition coefficient (Wildman–Crippen LogP) is 2.44. The Morgan fingerprint density at radius 1 is 1.32 bits per heavy atom. The molecule has 1 unspecified atom stereocenters. The van der Waals surface area contributed by atoms with Crippen LogP contribution >= 0.6 is 0 Å². The molecule has 1 aromatic heterocycles. The Balaban J connectivity index is 1.75. The summed E-state index contributed by atoms with van der Waals surface area (Å²) < 4.78 is 5.59. The molecule has 6 heteroatoms. The molecule has 1 N–H and O–H groups in total. The van der Waals surface area contributed by atoms with Crippen molar-refractivity contribution in [3.05, 3.63) is 5.89 Å². The number of rotatable bonds is 8. The van der Waals surface area contributed by atoms with Gasteiger partial charge in [0.2, 0.25) is 5.89 Å². The monoisotopic (exact) mass is 309 g/mol. The van der Waals surface area contributed by atoms with Gasteiger partial charge >= 0.3 is 6.01 Å². The first-order valence-electron chi connectivity index (χ1n) is 8.49. The van der Waals surface area contributed by atoms with E-state index >= 15 is 0 Å². The molecule has 0 saturated carbocycles. The highest BCUT2D eigenvalue weighted by Gasteiger charge is 2.22. The fraction of sp³-hybridized carbons (Fsp3) is 0.875. The van der Waals surface area contributed by atoms with E-state index in [2.05, 4.69) is 34.3 Å². The minimum Gasteiger partial charge on any atom is -0.407 e. The summed E-state index contributed by atoms with van der Waals surface area (Å²) >= 11 is 0. The summed E-state index contributed by atoms with van der Waals surface area (Å²) in [5.41, 5.74) is 0. The van der Waals surface area contributed by atoms with Gasteiger partial charge in [0.1, 0.15) is 0 Å². The molecule has 2 heterocycles. The van der Waals surface area contributed by atoms with E-state index in [0.29, 0.717) is 24.5 Å². The van der Waals surface area contributed by atoms with E-state index in [9.17, 15) is 0 Å². The third-order valence-electron chi connectivity index (χ3n) is 4.02. The standard InChI is InChI=1S/C16H31N5O/c1-13(2)11-21-10-6-5-7-14(21)8-9-17-16-19-18-15(22-16)12-20(3)4/h13-14H,5-12H2,1-4H3,(H,17,19). The first kappa shape index (κ1) is 17.2. The molecule has 6 nitrogen and oxygen atoms in total. The number of likely N-dealkylation sites (tertiary alicyclic amines) is 1. The summed E-state index contributed by atoms with van der Waals surface area (Å²) in [5.74, 6) is 1.39. The first-order chi connectivity index (χ1) is 10.5. The van der Waals surface area contributed by atoms with Gasteiger partial charge in [0.05, 0.1) is 6.54 Å². The molecule has 1 atom stereocenters. The summed E-state index contributed by atoms with van der Waals surface area (Å²) in [5, 5.41) is 11.4. The van der Waals surface area contributed by atoms with Crippen LogP contribution in [0, 0.1) is 5.92 Å². The maximum absolute atomic E-state index is 5.59. The zero-order chi connectivity index (χ0) is 15.9. The predicted molar refractivity (Wildman–Crippen MR) is 88.8 cm³/mol. The smallest absolute Gasteiger partial charge is 0.315 e. The Hall–Kier alpha value is -1.14. The second-order valence-electron chi connectivity index (χ2n) is 6.99. The summed E-state index contributed by atoms with van der Waals surface area (Å²) in [6, 6.07) is 1.23. The average Bonchev–Trinajstić information content (AvgIpc) is 2.87. The summed E-state index contributed by atoms with van der Waals surface area (Å²) in [7, 11) is 3.98. The maximum Gasteiger partial charge on any atom is 0.315 e. The van der Waals surface area contributed by atoms with Crippen LogP contribution in [0.25, 0.3) is 0 Å². The van der Waals surface area contributed by atoms with Crippen molar-refractivity contribution in [1.82, 2.24) is 20.0 Å². The lowest BCUT2D eigenvalue weighted by Gasteiger charge is -2.36. The van der Waals surface area contributed by atoms with Crippen molar-refractivity contribution in [2.24, 2.45) is 5.92 Å². The second-order valence-corrected chi connectivity index (χ2v) is 6.99. The quantitative estimate of drug-likeness (QED) is 0.796. The van der Waals surface area contributed by atoms with Crippen molar-refractivity contribution in [1.29, 1.82) is 0 Å². The molecule has 1 aliphatic heterocycles. The molecule has 1 aliphatic rings. The van der Waals surface area contributed by atoms with E-state index in [1.807, 2.05) is 19.0 Å². The van der Waals surface area contributed by atoms with Crippen molar-refractivity contribution in [2.75, 3.05) is 39.0 Å². The fourth-order valence-corrected chi connectivity index (χ4v) is 3.10. The lowest BCUT2D eigenvalue weighted by Crippen LogP contribution is -2.42. The Labute approximate surface area is 134 Å². The molecule has 1 aromatic rings. The zero-order valence-electron chi connectivity index (χ0n) is 14.5. The molecule has 0 radical (unpaired) electrons. The van der Waals surface area contributed by atoms with Crippen molar-refractivity contribution in [2.45, 2.75) is 52.1 Å². The Kier molecular flexibility index (Phi) is 6.64. The Morgan fingerprint density at radius 3 is 2.86 bits per heavy atom. The summed E-state index contributed by atoms with van der Waals surface area (Å²) in [6.07, 6.45) is 5.14. The Bertz CT molecular complexity index is 432. The minimum absolute atomic E-state index is 0.545. The molecule has 0 aliphatic carbocycles. The normalized spacial score (nSPS) is 20.0. The van der Waals surface area contributed by atoms with Crippen LogP contribution in [0.3, 0.4) is 0 Å². The van der Waals surface area contributed by atoms with Crippen LogP contribution < -0.4 is 5.32 Å². The number of piperidine rings is 1. The van der Waals surface area contributed by atoms with Crippen molar-refractivity contribution >= 4 is 6.01 Å². The van der Waals surface area contributed by atoms with Crippen LogP contribution in [0.1, 0.15) is 45.4 Å². The summed E-state index contributed by atoms with van der Waals surface area (Å²) in [6.45, 7) is 8.63. The SMILES string of the molecule is CC(C)CN1CCCCC1CCNc1nnc(CN(C)C)o1. The molecule has 0 amide bonds. The van der Waals surface area contributed by atoms with Gasteiger partial charge in [-0.25, -0.2) is 0 Å². The highest BCUT2D eigenvalue weighted by atomic mass is 16.4. The molecule has 1 fully saturated rings. The van der Waals surface area contributed by atoms with E-state index in [1.165, 1.54) is 32.4 Å². The van der Waals surface area contributed by atoms with Gasteiger partial charge < -0.3 is 19.5 Å². The van der Waals surface area contributed by atoms with Gasteiger partial charge in [-0.1, -0.05) is 25.4 Å². The summed E-state index contributed by atoms with van der Waals surface area (Å²) in [4.78, 5) is 4.67. The lowest BCUT2D eigenvalue weighted by molar-refractivity contribution is 0.127. The molecule has 1 saturated heterocycles. The zero-order valence-corrected chi connectivity index (χ0v) is 14.5. The van der Waals surface area contributed by atoms with E-state index in [4.69, 9.17) is 4.42 Å². The molecule has 0 spiro atoms. The van der Waals surface area contributed by atoms with Crippen LogP contribution in [-0.2, 0) is 6.54 Å². The largest absolute Gasteiger partial charge is 0.407 e. The van der Waals surface area contributed by atoms with Gasteiger partial charge in [0.15, 0.2) is 0 Å². The average molecular weight is 309 g/mol. The van der Waals surface area contributed by atoms with Crippen LogP contribution in [-0.4, -0.2) is 59.8 Å². The van der Waals surface area contributed by atoms with E-state index < -0.39 is 0 Å². The van der Waals surface area contributed by atoms with Crippen LogP contribution in [0.4, 0.5) is 6.01 Å². The number of nitrogens with zero attached hydrogens (tertiary/aromatic N) is 4. The van der Waals surface area contributed by atoms with E-state index in [1.54, 1.807) is 0 Å². The van der Waals surface area contributed by atoms with Gasteiger partial charge in [0.25, 0.3) is 0 Å². The first-order valence-corrected chi connectivity index (χ1v) is 8.49. The van der Waals surface area contributed by atoms with Gasteiger partial charge in [-0.3, -0.25) is 0 Å². The molecular formula is C16H31N5O. The number of aromatic nitrogens is 2. The maximum atomic E-state index is 5.59. The highest BCUT2D eigenvalue weighted by Crippen LogP contribution is 2.21. The number of anilines is 1. The Morgan fingerprint density at radius 2 is 2.14 bits per heavy atom. The molecule has 126 valence electrons. The van der Waals surface area contributed by atoms with Crippen molar-refractivity contribution in [3.63, 3.8) is 0 Å². The second kappa shape index (κ2) is 8.48. The van der Waals surface area contributed by atoms with Crippen LogP contribution in [0.15, 0.2) is 4.42 Å².